The normalized spacial score (nSPS) is 16.7. The molecule has 1 fully saturated rings. The fraction of sp³-hybridized carbons (Fsp3) is 0.350. The molecule has 134 valence electrons. The zero-order valence-corrected chi connectivity index (χ0v) is 15.7. The fourth-order valence-corrected chi connectivity index (χ4v) is 4.54. The minimum atomic E-state index is 0.294. The molecule has 0 atom stereocenters. The molecule has 0 radical (unpaired) electrons. The third-order valence-electron chi connectivity index (χ3n) is 5.24. The summed E-state index contributed by atoms with van der Waals surface area (Å²) in [6, 6.07) is 8.45. The SMILES string of the molecule is Cn1ccc2c(OC3CCN(Cc4cn5ccsc5n4)CC3)cccc21. The highest BCUT2D eigenvalue weighted by Crippen LogP contribution is 2.29. The summed E-state index contributed by atoms with van der Waals surface area (Å²) in [5.74, 6) is 1.01. The molecule has 0 bridgehead atoms. The zero-order chi connectivity index (χ0) is 17.5. The van der Waals surface area contributed by atoms with Gasteiger partial charge in [0.2, 0.25) is 0 Å². The molecular formula is C20H22N4OS. The van der Waals surface area contributed by atoms with Gasteiger partial charge in [-0.25, -0.2) is 4.98 Å². The first-order chi connectivity index (χ1) is 12.8. The van der Waals surface area contributed by atoms with E-state index in [4.69, 9.17) is 9.72 Å². The van der Waals surface area contributed by atoms with Crippen LogP contribution in [0.2, 0.25) is 0 Å². The fourth-order valence-electron chi connectivity index (χ4n) is 3.82. The van der Waals surface area contributed by atoms with Crippen molar-refractivity contribution in [1.29, 1.82) is 0 Å². The van der Waals surface area contributed by atoms with Crippen LogP contribution in [0.25, 0.3) is 15.9 Å². The largest absolute Gasteiger partial charge is 0.490 e. The van der Waals surface area contributed by atoms with E-state index >= 15 is 0 Å². The van der Waals surface area contributed by atoms with Gasteiger partial charge in [0.15, 0.2) is 4.96 Å². The summed E-state index contributed by atoms with van der Waals surface area (Å²) < 4.78 is 10.6. The molecule has 6 heteroatoms. The van der Waals surface area contributed by atoms with Gasteiger partial charge in [0.05, 0.1) is 11.2 Å². The van der Waals surface area contributed by atoms with Crippen molar-refractivity contribution in [3.05, 3.63) is 53.9 Å². The van der Waals surface area contributed by atoms with Gasteiger partial charge < -0.3 is 9.30 Å². The van der Waals surface area contributed by atoms with Crippen LogP contribution >= 0.6 is 11.3 Å². The molecule has 0 spiro atoms. The lowest BCUT2D eigenvalue weighted by Gasteiger charge is -2.31. The Kier molecular flexibility index (Phi) is 3.94. The van der Waals surface area contributed by atoms with Crippen molar-refractivity contribution in [3.63, 3.8) is 0 Å². The first kappa shape index (κ1) is 15.9. The predicted octanol–water partition coefficient (Wildman–Crippen LogP) is 3.93. The lowest BCUT2D eigenvalue weighted by Crippen LogP contribution is -2.37. The molecule has 0 aliphatic carbocycles. The van der Waals surface area contributed by atoms with Crippen molar-refractivity contribution in [2.45, 2.75) is 25.5 Å². The maximum atomic E-state index is 6.36. The zero-order valence-electron chi connectivity index (χ0n) is 14.8. The van der Waals surface area contributed by atoms with Crippen LogP contribution in [0.15, 0.2) is 48.2 Å². The van der Waals surface area contributed by atoms with Gasteiger partial charge in [0.25, 0.3) is 0 Å². The lowest BCUT2D eigenvalue weighted by atomic mass is 10.1. The molecule has 0 saturated carbocycles. The van der Waals surface area contributed by atoms with Crippen LogP contribution in [0.1, 0.15) is 18.5 Å². The Morgan fingerprint density at radius 1 is 1.19 bits per heavy atom. The Bertz CT molecular complexity index is 1010. The average Bonchev–Trinajstić information content (AvgIpc) is 3.33. The molecule has 1 aliphatic heterocycles. The summed E-state index contributed by atoms with van der Waals surface area (Å²) in [7, 11) is 2.07. The van der Waals surface area contributed by atoms with Crippen molar-refractivity contribution >= 4 is 27.2 Å². The Hall–Kier alpha value is -2.31. The smallest absolute Gasteiger partial charge is 0.193 e. The van der Waals surface area contributed by atoms with Crippen molar-refractivity contribution in [2.24, 2.45) is 7.05 Å². The Morgan fingerprint density at radius 3 is 2.92 bits per heavy atom. The molecule has 5 nitrogen and oxygen atoms in total. The van der Waals surface area contributed by atoms with Gasteiger partial charge in [0.1, 0.15) is 11.9 Å². The van der Waals surface area contributed by atoms with E-state index in [-0.39, 0.29) is 0 Å². The maximum absolute atomic E-state index is 6.36. The highest BCUT2D eigenvalue weighted by molar-refractivity contribution is 7.15. The predicted molar refractivity (Wildman–Crippen MR) is 105 cm³/mol. The standard InChI is InChI=1S/C20H22N4OS/c1-22-8-7-17-18(22)3-2-4-19(17)25-16-5-9-23(10-6-16)13-15-14-24-11-12-26-20(24)21-15/h2-4,7-8,11-12,14,16H,5-6,9-10,13H2,1H3. The van der Waals surface area contributed by atoms with E-state index in [0.717, 1.165) is 48.9 Å². The maximum Gasteiger partial charge on any atom is 0.193 e. The Balaban J connectivity index is 1.22. The van der Waals surface area contributed by atoms with Crippen molar-refractivity contribution in [3.8, 4) is 5.75 Å². The van der Waals surface area contributed by atoms with Crippen LogP contribution in [-0.4, -0.2) is 38.0 Å². The number of hydrogen-bond acceptors (Lipinski definition) is 4. The second-order valence-corrected chi connectivity index (χ2v) is 7.91. The first-order valence-corrected chi connectivity index (χ1v) is 9.98. The van der Waals surface area contributed by atoms with Gasteiger partial charge in [-0.05, 0) is 31.0 Å². The summed E-state index contributed by atoms with van der Waals surface area (Å²) in [4.78, 5) is 8.26. The van der Waals surface area contributed by atoms with Crippen molar-refractivity contribution < 1.29 is 4.74 Å². The van der Waals surface area contributed by atoms with Crippen molar-refractivity contribution in [1.82, 2.24) is 18.9 Å². The van der Waals surface area contributed by atoms with Gasteiger partial charge in [-0.2, -0.15) is 0 Å². The number of benzene rings is 1. The summed E-state index contributed by atoms with van der Waals surface area (Å²) >= 11 is 1.69. The summed E-state index contributed by atoms with van der Waals surface area (Å²) in [6.07, 6.45) is 8.72. The number of nitrogens with zero attached hydrogens (tertiary/aromatic N) is 4. The lowest BCUT2D eigenvalue weighted by molar-refractivity contribution is 0.0974. The number of fused-ring (bicyclic) bond motifs is 2. The van der Waals surface area contributed by atoms with Gasteiger partial charge in [-0.3, -0.25) is 9.30 Å². The third-order valence-corrected chi connectivity index (χ3v) is 6.02. The van der Waals surface area contributed by atoms with Gasteiger partial charge >= 0.3 is 0 Å². The van der Waals surface area contributed by atoms with E-state index in [9.17, 15) is 0 Å². The van der Waals surface area contributed by atoms with Crippen LogP contribution in [0.5, 0.6) is 5.75 Å². The topological polar surface area (TPSA) is 34.7 Å². The molecule has 5 rings (SSSR count). The second kappa shape index (κ2) is 6.45. The highest BCUT2D eigenvalue weighted by Gasteiger charge is 2.22. The number of imidazole rings is 1. The molecular weight excluding hydrogens is 344 g/mol. The summed E-state index contributed by atoms with van der Waals surface area (Å²) in [5, 5.41) is 3.28. The number of hydrogen-bond donors (Lipinski definition) is 0. The van der Waals surface area contributed by atoms with E-state index in [2.05, 4.69) is 69.2 Å². The average molecular weight is 366 g/mol. The van der Waals surface area contributed by atoms with E-state index in [1.165, 1.54) is 10.9 Å². The Morgan fingerprint density at radius 2 is 2.08 bits per heavy atom. The van der Waals surface area contributed by atoms with Crippen LogP contribution in [0.4, 0.5) is 0 Å². The minimum absolute atomic E-state index is 0.294. The van der Waals surface area contributed by atoms with E-state index in [1.807, 2.05) is 0 Å². The van der Waals surface area contributed by atoms with Gasteiger partial charge in [-0.1, -0.05) is 6.07 Å². The van der Waals surface area contributed by atoms with Crippen LogP contribution in [0.3, 0.4) is 0 Å². The molecule has 3 aromatic heterocycles. The minimum Gasteiger partial charge on any atom is -0.490 e. The number of ether oxygens (including phenoxy) is 1. The molecule has 0 N–H and O–H groups in total. The van der Waals surface area contributed by atoms with E-state index in [1.54, 1.807) is 11.3 Å². The number of aryl methyl sites for hydroxylation is 1. The van der Waals surface area contributed by atoms with Crippen LogP contribution in [-0.2, 0) is 13.6 Å². The highest BCUT2D eigenvalue weighted by atomic mass is 32.1. The van der Waals surface area contributed by atoms with Gasteiger partial charge in [-0.15, -0.1) is 11.3 Å². The number of aromatic nitrogens is 3. The molecule has 0 amide bonds. The third kappa shape index (κ3) is 2.89. The molecule has 4 aromatic rings. The number of piperidine rings is 1. The molecule has 0 unspecified atom stereocenters. The summed E-state index contributed by atoms with van der Waals surface area (Å²) in [6.45, 7) is 3.04. The molecule has 1 aromatic carbocycles. The monoisotopic (exact) mass is 366 g/mol. The van der Waals surface area contributed by atoms with E-state index < -0.39 is 0 Å². The van der Waals surface area contributed by atoms with Crippen LogP contribution < -0.4 is 4.74 Å². The summed E-state index contributed by atoms with van der Waals surface area (Å²) in [5.41, 5.74) is 2.38. The molecule has 1 saturated heterocycles. The molecule has 4 heterocycles. The van der Waals surface area contributed by atoms with E-state index in [0.29, 0.717) is 6.10 Å². The van der Waals surface area contributed by atoms with Crippen LogP contribution in [0, 0.1) is 0 Å². The molecule has 26 heavy (non-hydrogen) atoms. The number of likely N-dealkylation sites (tertiary alicyclic amines) is 1. The number of thiazole rings is 1. The van der Waals surface area contributed by atoms with Crippen molar-refractivity contribution in [2.75, 3.05) is 13.1 Å². The first-order valence-electron chi connectivity index (χ1n) is 9.10. The second-order valence-electron chi connectivity index (χ2n) is 7.03. The number of rotatable bonds is 4. The molecule has 1 aliphatic rings. The quantitative estimate of drug-likeness (QED) is 0.549. The Labute approximate surface area is 156 Å². The van der Waals surface area contributed by atoms with Gasteiger partial charge in [0, 0.05) is 56.0 Å².